The summed E-state index contributed by atoms with van der Waals surface area (Å²) in [6, 6.07) is 7.50. The molecule has 1 N–H and O–H groups in total. The van der Waals surface area contributed by atoms with Gasteiger partial charge in [-0.05, 0) is 60.1 Å². The van der Waals surface area contributed by atoms with Gasteiger partial charge in [0.1, 0.15) is 6.04 Å². The predicted octanol–water partition coefficient (Wildman–Crippen LogP) is 3.37. The minimum atomic E-state index is -0.340. The van der Waals surface area contributed by atoms with Gasteiger partial charge < -0.3 is 4.57 Å². The third kappa shape index (κ3) is 2.91. The lowest BCUT2D eigenvalue weighted by molar-refractivity contribution is -0.117. The third-order valence-corrected chi connectivity index (χ3v) is 4.85. The Kier molecular flexibility index (Phi) is 4.52. The number of aromatic nitrogens is 2. The first kappa shape index (κ1) is 16.2. The lowest BCUT2D eigenvalue weighted by atomic mass is 10.0. The molecule has 120 valence electrons. The number of fused-ring (bicyclic) bond motifs is 1. The zero-order valence-electron chi connectivity index (χ0n) is 13.1. The Bertz CT molecular complexity index is 812. The van der Waals surface area contributed by atoms with E-state index in [2.05, 4.69) is 39.8 Å². The highest BCUT2D eigenvalue weighted by molar-refractivity contribution is 14.1. The van der Waals surface area contributed by atoms with Gasteiger partial charge in [0.05, 0.1) is 5.56 Å². The number of carbonyl (C=O) groups is 1. The Morgan fingerprint density at radius 2 is 1.96 bits per heavy atom. The highest BCUT2D eigenvalue weighted by Gasteiger charge is 2.31. The average molecular weight is 423 g/mol. The maximum atomic E-state index is 12.6. The summed E-state index contributed by atoms with van der Waals surface area (Å²) >= 11 is 2.24. The number of nitrogens with one attached hydrogen (secondary N) is 1. The zero-order chi connectivity index (χ0) is 16.6. The van der Waals surface area contributed by atoms with E-state index in [1.54, 1.807) is 0 Å². The Labute approximate surface area is 148 Å². The highest BCUT2D eigenvalue weighted by atomic mass is 127. The number of nitrogens with zero attached hydrogens (tertiary/aromatic N) is 2. The second-order valence-corrected chi connectivity index (χ2v) is 6.95. The second-order valence-electron chi connectivity index (χ2n) is 5.71. The maximum Gasteiger partial charge on any atom is 0.282 e. The summed E-state index contributed by atoms with van der Waals surface area (Å²) in [6.45, 7) is 3.95. The number of anilines is 1. The molecule has 1 unspecified atom stereocenters. The van der Waals surface area contributed by atoms with Crippen molar-refractivity contribution >= 4 is 34.4 Å². The standard InChI is InChI=1S/C17H18IN3O2/c1-3-4-5-13-14(11-6-8-12(18)9-7-11)16(23)20-17-19-15(22)10(2)21(13)17/h6-10H,3-5H2,1-2H3,(H,19,20,22,23). The van der Waals surface area contributed by atoms with Crippen molar-refractivity contribution in [3.05, 3.63) is 43.9 Å². The highest BCUT2D eigenvalue weighted by Crippen LogP contribution is 2.30. The summed E-state index contributed by atoms with van der Waals surface area (Å²) in [5.41, 5.74) is 2.09. The van der Waals surface area contributed by atoms with Gasteiger partial charge in [0.25, 0.3) is 5.56 Å². The van der Waals surface area contributed by atoms with Crippen LogP contribution in [0.15, 0.2) is 29.1 Å². The maximum absolute atomic E-state index is 12.6. The van der Waals surface area contributed by atoms with Gasteiger partial charge in [-0.2, -0.15) is 4.98 Å². The van der Waals surface area contributed by atoms with Crippen LogP contribution in [0, 0.1) is 3.57 Å². The van der Waals surface area contributed by atoms with Gasteiger partial charge in [-0.25, -0.2) is 0 Å². The molecule has 0 spiro atoms. The number of amides is 1. The second kappa shape index (κ2) is 6.43. The van der Waals surface area contributed by atoms with Crippen LogP contribution in [0.2, 0.25) is 0 Å². The van der Waals surface area contributed by atoms with Crippen LogP contribution in [0.4, 0.5) is 5.95 Å². The molecule has 0 saturated heterocycles. The van der Waals surface area contributed by atoms with Gasteiger partial charge in [0.15, 0.2) is 0 Å². The van der Waals surface area contributed by atoms with E-state index in [-0.39, 0.29) is 17.5 Å². The summed E-state index contributed by atoms with van der Waals surface area (Å²) in [6.07, 6.45) is 2.73. The summed E-state index contributed by atoms with van der Waals surface area (Å²) < 4.78 is 2.99. The normalized spacial score (nSPS) is 16.3. The number of hydrogen-bond acceptors (Lipinski definition) is 3. The van der Waals surface area contributed by atoms with Gasteiger partial charge in [-0.1, -0.05) is 25.5 Å². The topological polar surface area (TPSA) is 64.0 Å². The van der Waals surface area contributed by atoms with E-state index in [4.69, 9.17) is 0 Å². The molecule has 1 amide bonds. The van der Waals surface area contributed by atoms with Crippen LogP contribution in [0.25, 0.3) is 11.1 Å². The molecule has 1 aliphatic heterocycles. The zero-order valence-corrected chi connectivity index (χ0v) is 15.3. The summed E-state index contributed by atoms with van der Waals surface area (Å²) in [5, 5.41) is 2.70. The summed E-state index contributed by atoms with van der Waals surface area (Å²) in [4.78, 5) is 28.7. The Morgan fingerprint density at radius 3 is 2.61 bits per heavy atom. The Hall–Kier alpha value is -1.70. The number of benzene rings is 1. The monoisotopic (exact) mass is 423 g/mol. The molecular formula is C17H18IN3O2. The van der Waals surface area contributed by atoms with Crippen LogP contribution in [0.5, 0.6) is 0 Å². The molecule has 23 heavy (non-hydrogen) atoms. The third-order valence-electron chi connectivity index (χ3n) is 4.13. The first-order valence-corrected chi connectivity index (χ1v) is 8.83. The van der Waals surface area contributed by atoms with Crippen LogP contribution >= 0.6 is 22.6 Å². The summed E-state index contributed by atoms with van der Waals surface area (Å²) in [5.74, 6) is 0.252. The fourth-order valence-electron chi connectivity index (χ4n) is 2.91. The van der Waals surface area contributed by atoms with Crippen molar-refractivity contribution in [3.8, 4) is 11.1 Å². The van der Waals surface area contributed by atoms with Crippen molar-refractivity contribution in [2.75, 3.05) is 5.32 Å². The summed E-state index contributed by atoms with van der Waals surface area (Å²) in [7, 11) is 0. The molecule has 1 aromatic heterocycles. The van der Waals surface area contributed by atoms with Crippen molar-refractivity contribution in [1.82, 2.24) is 9.55 Å². The van der Waals surface area contributed by atoms with E-state index < -0.39 is 0 Å². The van der Waals surface area contributed by atoms with Gasteiger partial charge >= 0.3 is 0 Å². The lowest BCUT2D eigenvalue weighted by Gasteiger charge is -2.17. The average Bonchev–Trinajstić information content (AvgIpc) is 2.80. The van der Waals surface area contributed by atoms with E-state index in [9.17, 15) is 9.59 Å². The molecule has 2 aromatic rings. The van der Waals surface area contributed by atoms with Gasteiger partial charge in [-0.15, -0.1) is 0 Å². The quantitative estimate of drug-likeness (QED) is 0.768. The molecule has 0 radical (unpaired) electrons. The number of hydrogen-bond donors (Lipinski definition) is 1. The van der Waals surface area contributed by atoms with E-state index in [0.29, 0.717) is 11.5 Å². The molecule has 1 aromatic carbocycles. The lowest BCUT2D eigenvalue weighted by Crippen LogP contribution is -2.20. The van der Waals surface area contributed by atoms with Crippen molar-refractivity contribution in [1.29, 1.82) is 0 Å². The van der Waals surface area contributed by atoms with Crippen LogP contribution in [0.1, 0.15) is 38.4 Å². The van der Waals surface area contributed by atoms with E-state index in [0.717, 1.165) is 34.1 Å². The molecular weight excluding hydrogens is 405 g/mol. The van der Waals surface area contributed by atoms with Crippen molar-refractivity contribution < 1.29 is 4.79 Å². The van der Waals surface area contributed by atoms with Crippen molar-refractivity contribution in [3.63, 3.8) is 0 Å². The van der Waals surface area contributed by atoms with Crippen molar-refractivity contribution in [2.45, 2.75) is 39.2 Å². The van der Waals surface area contributed by atoms with Gasteiger partial charge in [0, 0.05) is 9.26 Å². The minimum Gasteiger partial charge on any atom is -0.303 e. The van der Waals surface area contributed by atoms with Crippen LogP contribution in [0.3, 0.4) is 0 Å². The molecule has 0 saturated carbocycles. The molecule has 6 heteroatoms. The minimum absolute atomic E-state index is 0.116. The van der Waals surface area contributed by atoms with Crippen LogP contribution < -0.4 is 10.9 Å². The molecule has 0 fully saturated rings. The number of carbonyl (C=O) groups excluding carboxylic acids is 1. The largest absolute Gasteiger partial charge is 0.303 e. The smallest absolute Gasteiger partial charge is 0.282 e. The number of halogens is 1. The molecule has 0 aliphatic carbocycles. The molecule has 3 rings (SSSR count). The first-order chi connectivity index (χ1) is 11.0. The van der Waals surface area contributed by atoms with Gasteiger partial charge in [-0.3, -0.25) is 14.9 Å². The van der Waals surface area contributed by atoms with E-state index >= 15 is 0 Å². The van der Waals surface area contributed by atoms with Crippen LogP contribution in [-0.4, -0.2) is 15.5 Å². The fourth-order valence-corrected chi connectivity index (χ4v) is 3.27. The van der Waals surface area contributed by atoms with Gasteiger partial charge in [0.2, 0.25) is 11.9 Å². The van der Waals surface area contributed by atoms with E-state index in [1.165, 1.54) is 0 Å². The molecule has 5 nitrogen and oxygen atoms in total. The predicted molar refractivity (Wildman–Crippen MR) is 98.6 cm³/mol. The number of unbranched alkanes of at least 4 members (excludes halogenated alkanes) is 1. The molecule has 1 aliphatic rings. The molecule has 1 atom stereocenters. The Balaban J connectivity index is 2.24. The van der Waals surface area contributed by atoms with Crippen molar-refractivity contribution in [2.24, 2.45) is 0 Å². The van der Waals surface area contributed by atoms with Crippen LogP contribution in [-0.2, 0) is 11.2 Å². The van der Waals surface area contributed by atoms with E-state index in [1.807, 2.05) is 35.8 Å². The fraction of sp³-hybridized carbons (Fsp3) is 0.353. The molecule has 2 heterocycles. The Morgan fingerprint density at radius 1 is 1.26 bits per heavy atom. The molecule has 0 bridgehead atoms. The first-order valence-electron chi connectivity index (χ1n) is 7.75. The SMILES string of the molecule is CCCCc1c(-c2ccc(I)cc2)c(=O)nc2n1C(C)C(=O)N2. The number of rotatable bonds is 4.